The lowest BCUT2D eigenvalue weighted by Crippen LogP contribution is -2.40. The zero-order chi connectivity index (χ0) is 25.2. The van der Waals surface area contributed by atoms with Gasteiger partial charge in [0.2, 0.25) is 15.9 Å². The van der Waals surface area contributed by atoms with Gasteiger partial charge in [0.05, 0.1) is 36.4 Å². The number of hydrogen-bond acceptors (Lipinski definition) is 9. The fraction of sp³-hybridized carbons (Fsp3) is 0.364. The summed E-state index contributed by atoms with van der Waals surface area (Å²) in [5.74, 6) is -1.01. The second-order valence-electron chi connectivity index (χ2n) is 7.72. The van der Waals surface area contributed by atoms with Crippen LogP contribution in [0.4, 0.5) is 5.69 Å². The fourth-order valence-electron chi connectivity index (χ4n) is 3.66. The van der Waals surface area contributed by atoms with E-state index >= 15 is 0 Å². The van der Waals surface area contributed by atoms with Crippen molar-refractivity contribution in [2.45, 2.75) is 25.3 Å². The average molecular weight is 521 g/mol. The highest BCUT2D eigenvalue weighted by Crippen LogP contribution is 2.27. The lowest BCUT2D eigenvalue weighted by Gasteiger charge is -2.26. The van der Waals surface area contributed by atoms with E-state index in [-0.39, 0.29) is 23.4 Å². The Bertz CT molecular complexity index is 1420. The van der Waals surface area contributed by atoms with Crippen LogP contribution < -0.4 is 10.9 Å². The predicted octanol–water partition coefficient (Wildman–Crippen LogP) is 1.60. The number of carbonyl (C=O) groups is 2. The highest BCUT2D eigenvalue weighted by molar-refractivity contribution is 7.89. The van der Waals surface area contributed by atoms with Gasteiger partial charge < -0.3 is 14.8 Å². The van der Waals surface area contributed by atoms with E-state index in [0.29, 0.717) is 47.3 Å². The van der Waals surface area contributed by atoms with Crippen molar-refractivity contribution >= 4 is 49.1 Å². The first kappa shape index (κ1) is 25.0. The first-order valence-electron chi connectivity index (χ1n) is 10.9. The molecule has 3 aromatic rings. The van der Waals surface area contributed by atoms with E-state index in [4.69, 9.17) is 9.47 Å². The monoisotopic (exact) mass is 520 g/mol. The molecule has 1 fully saturated rings. The molecule has 0 aliphatic carbocycles. The summed E-state index contributed by atoms with van der Waals surface area (Å²) in [5, 5.41) is 2.92. The molecule has 1 amide bonds. The molecule has 35 heavy (non-hydrogen) atoms. The summed E-state index contributed by atoms with van der Waals surface area (Å²) >= 11 is 1.07. The number of amides is 1. The first-order chi connectivity index (χ1) is 16.7. The van der Waals surface area contributed by atoms with E-state index < -0.39 is 27.5 Å². The number of esters is 1. The number of aromatic nitrogens is 2. The molecular weight excluding hydrogens is 496 g/mol. The Labute approximate surface area is 205 Å². The molecule has 186 valence electrons. The Morgan fingerprint density at radius 1 is 1.20 bits per heavy atom. The number of thiophene rings is 1. The van der Waals surface area contributed by atoms with Crippen LogP contribution >= 0.6 is 11.3 Å². The number of carbonyl (C=O) groups excluding carboxylic acids is 2. The Morgan fingerprint density at radius 3 is 2.54 bits per heavy atom. The third-order valence-electron chi connectivity index (χ3n) is 5.44. The van der Waals surface area contributed by atoms with Crippen LogP contribution in [0.2, 0.25) is 0 Å². The van der Waals surface area contributed by atoms with Gasteiger partial charge in [0.1, 0.15) is 16.3 Å². The van der Waals surface area contributed by atoms with Gasteiger partial charge in [0.15, 0.2) is 0 Å². The van der Waals surface area contributed by atoms with Gasteiger partial charge in [-0.15, -0.1) is 11.3 Å². The fourth-order valence-corrected chi connectivity index (χ4v) is 6.11. The molecule has 3 heterocycles. The number of benzene rings is 1. The minimum Gasteiger partial charge on any atom is -0.462 e. The maximum absolute atomic E-state index is 13.0. The highest BCUT2D eigenvalue weighted by atomic mass is 32.2. The lowest BCUT2D eigenvalue weighted by atomic mass is 10.2. The zero-order valence-corrected chi connectivity index (χ0v) is 20.8. The maximum atomic E-state index is 13.0. The van der Waals surface area contributed by atoms with Crippen molar-refractivity contribution in [1.29, 1.82) is 0 Å². The molecule has 0 spiro atoms. The molecule has 1 aliphatic heterocycles. The third kappa shape index (κ3) is 5.12. The van der Waals surface area contributed by atoms with Crippen molar-refractivity contribution in [3.8, 4) is 0 Å². The summed E-state index contributed by atoms with van der Waals surface area (Å²) in [6, 6.07) is 5.83. The van der Waals surface area contributed by atoms with Crippen LogP contribution in [0.25, 0.3) is 10.2 Å². The summed E-state index contributed by atoms with van der Waals surface area (Å²) in [6.45, 7) is 4.53. The van der Waals surface area contributed by atoms with E-state index in [0.717, 1.165) is 15.9 Å². The average Bonchev–Trinajstić information content (AvgIpc) is 3.19. The molecule has 11 nitrogen and oxygen atoms in total. The number of ether oxygens (including phenoxy) is 2. The minimum absolute atomic E-state index is 0.119. The molecule has 0 radical (unpaired) electrons. The predicted molar refractivity (Wildman–Crippen MR) is 129 cm³/mol. The number of rotatable bonds is 7. The number of morpholine rings is 1. The third-order valence-corrected chi connectivity index (χ3v) is 8.53. The van der Waals surface area contributed by atoms with E-state index in [2.05, 4.69) is 10.3 Å². The molecule has 0 saturated carbocycles. The Morgan fingerprint density at radius 2 is 1.89 bits per heavy atom. The first-order valence-corrected chi connectivity index (χ1v) is 13.1. The Balaban J connectivity index is 1.48. The summed E-state index contributed by atoms with van der Waals surface area (Å²) in [6.07, 6.45) is 1.26. The van der Waals surface area contributed by atoms with Crippen LogP contribution in [0.15, 0.2) is 40.3 Å². The van der Waals surface area contributed by atoms with Crippen LogP contribution in [-0.4, -0.2) is 67.1 Å². The number of hydrogen-bond donors (Lipinski definition) is 1. The van der Waals surface area contributed by atoms with Gasteiger partial charge in [0, 0.05) is 18.8 Å². The van der Waals surface area contributed by atoms with Crippen LogP contribution in [0, 0.1) is 6.92 Å². The second-order valence-corrected chi connectivity index (χ2v) is 10.7. The van der Waals surface area contributed by atoms with Gasteiger partial charge in [0.25, 0.3) is 5.56 Å². The zero-order valence-electron chi connectivity index (χ0n) is 19.1. The van der Waals surface area contributed by atoms with Gasteiger partial charge in [-0.25, -0.2) is 18.2 Å². The minimum atomic E-state index is -3.64. The van der Waals surface area contributed by atoms with Crippen LogP contribution in [-0.2, 0) is 30.8 Å². The van der Waals surface area contributed by atoms with Gasteiger partial charge in [-0.3, -0.25) is 14.2 Å². The lowest BCUT2D eigenvalue weighted by molar-refractivity contribution is -0.116. The summed E-state index contributed by atoms with van der Waals surface area (Å²) in [5.41, 5.74) is 0.406. The SMILES string of the molecule is CCOC(=O)c1sc2ncn(CC(=O)Nc3ccc(S(=O)(=O)N4CCOCC4)cc3)c(=O)c2c1C. The van der Waals surface area contributed by atoms with Crippen LogP contribution in [0.3, 0.4) is 0 Å². The molecule has 2 aromatic heterocycles. The maximum Gasteiger partial charge on any atom is 0.348 e. The van der Waals surface area contributed by atoms with Crippen molar-refractivity contribution in [2.24, 2.45) is 0 Å². The molecule has 1 aromatic carbocycles. The molecule has 0 unspecified atom stereocenters. The standard InChI is InChI=1S/C22H24N4O7S2/c1-3-33-22(29)19-14(2)18-20(34-19)23-13-25(21(18)28)12-17(27)24-15-4-6-16(7-5-15)35(30,31)26-8-10-32-11-9-26/h4-7,13H,3,8-12H2,1-2H3,(H,24,27). The van der Waals surface area contributed by atoms with Crippen molar-refractivity contribution in [3.63, 3.8) is 0 Å². The van der Waals surface area contributed by atoms with Crippen molar-refractivity contribution in [3.05, 3.63) is 51.4 Å². The van der Waals surface area contributed by atoms with Crippen LogP contribution in [0.1, 0.15) is 22.2 Å². The molecule has 0 bridgehead atoms. The second kappa shape index (κ2) is 10.2. The van der Waals surface area contributed by atoms with Crippen molar-refractivity contribution in [1.82, 2.24) is 13.9 Å². The molecule has 1 aliphatic rings. The van der Waals surface area contributed by atoms with Gasteiger partial charge in [-0.2, -0.15) is 4.31 Å². The van der Waals surface area contributed by atoms with Gasteiger partial charge in [-0.1, -0.05) is 0 Å². The normalized spacial score (nSPS) is 14.7. The van der Waals surface area contributed by atoms with Gasteiger partial charge >= 0.3 is 5.97 Å². The van der Waals surface area contributed by atoms with E-state index in [1.165, 1.54) is 34.9 Å². The van der Waals surface area contributed by atoms with E-state index in [9.17, 15) is 22.8 Å². The van der Waals surface area contributed by atoms with Crippen LogP contribution in [0.5, 0.6) is 0 Å². The molecule has 1 N–H and O–H groups in total. The number of anilines is 1. The summed E-state index contributed by atoms with van der Waals surface area (Å²) < 4.78 is 38.2. The van der Waals surface area contributed by atoms with Crippen molar-refractivity contribution < 1.29 is 27.5 Å². The number of aryl methyl sites for hydroxylation is 1. The number of nitrogens with one attached hydrogen (secondary N) is 1. The number of fused-ring (bicyclic) bond motifs is 1. The topological polar surface area (TPSA) is 137 Å². The van der Waals surface area contributed by atoms with Crippen molar-refractivity contribution in [2.75, 3.05) is 38.2 Å². The van der Waals surface area contributed by atoms with Gasteiger partial charge in [-0.05, 0) is 43.7 Å². The molecule has 1 saturated heterocycles. The Hall–Kier alpha value is -3.13. The summed E-state index contributed by atoms with van der Waals surface area (Å²) in [4.78, 5) is 42.7. The summed E-state index contributed by atoms with van der Waals surface area (Å²) in [7, 11) is -3.64. The van der Waals surface area contributed by atoms with E-state index in [1.807, 2.05) is 0 Å². The number of nitrogens with zero attached hydrogens (tertiary/aromatic N) is 3. The molecule has 0 atom stereocenters. The number of sulfonamides is 1. The largest absolute Gasteiger partial charge is 0.462 e. The molecular formula is C22H24N4O7S2. The quantitative estimate of drug-likeness (QED) is 0.464. The highest BCUT2D eigenvalue weighted by Gasteiger charge is 2.26. The molecule has 4 rings (SSSR count). The smallest absolute Gasteiger partial charge is 0.348 e. The molecule has 13 heteroatoms. The van der Waals surface area contributed by atoms with E-state index in [1.54, 1.807) is 13.8 Å². The Kier molecular flexibility index (Phi) is 7.31.